The van der Waals surface area contributed by atoms with Crippen molar-refractivity contribution in [2.24, 2.45) is 0 Å². The molecule has 0 saturated heterocycles. The van der Waals surface area contributed by atoms with Gasteiger partial charge in [-0.05, 0) is 72.4 Å². The Hall–Kier alpha value is -5.06. The van der Waals surface area contributed by atoms with Crippen LogP contribution < -0.4 is 40.9 Å². The van der Waals surface area contributed by atoms with Crippen LogP contribution in [0, 0.1) is 0 Å². The van der Waals surface area contributed by atoms with Gasteiger partial charge in [-0.25, -0.2) is 0 Å². The van der Waals surface area contributed by atoms with Crippen LogP contribution in [0.4, 0.5) is 17.1 Å². The smallest absolute Gasteiger partial charge is 0.224 e. The Balaban J connectivity index is 1.57. The summed E-state index contributed by atoms with van der Waals surface area (Å²) >= 11 is 0. The third-order valence-electron chi connectivity index (χ3n) is 7.28. The largest absolute Gasteiger partial charge is 0.493 e. The molecular formula is C33H38N4O7. The minimum Gasteiger partial charge on any atom is -0.493 e. The molecule has 44 heavy (non-hydrogen) atoms. The van der Waals surface area contributed by atoms with E-state index in [0.29, 0.717) is 65.7 Å². The summed E-state index contributed by atoms with van der Waals surface area (Å²) in [5.74, 6) is 0.853. The molecule has 0 bridgehead atoms. The summed E-state index contributed by atoms with van der Waals surface area (Å²) in [6.07, 6.45) is 1.86. The van der Waals surface area contributed by atoms with E-state index in [1.54, 1.807) is 50.6 Å². The minimum absolute atomic E-state index is 0.189. The summed E-state index contributed by atoms with van der Waals surface area (Å²) in [6.45, 7) is 3.25. The van der Waals surface area contributed by atoms with E-state index in [1.165, 1.54) is 21.0 Å². The lowest BCUT2D eigenvalue weighted by molar-refractivity contribution is -0.120. The van der Waals surface area contributed by atoms with Gasteiger partial charge >= 0.3 is 0 Å². The number of fused-ring (bicyclic) bond motifs is 3. The fourth-order valence-electron chi connectivity index (χ4n) is 5.43. The van der Waals surface area contributed by atoms with Gasteiger partial charge in [0.25, 0.3) is 0 Å². The predicted molar refractivity (Wildman–Crippen MR) is 170 cm³/mol. The van der Waals surface area contributed by atoms with Crippen molar-refractivity contribution in [3.05, 3.63) is 69.9 Å². The summed E-state index contributed by atoms with van der Waals surface area (Å²) in [4.78, 5) is 49.4. The second-order valence-electron chi connectivity index (χ2n) is 10.4. The molecule has 1 aliphatic rings. The molecule has 3 amide bonds. The topological polar surface area (TPSA) is 144 Å². The van der Waals surface area contributed by atoms with Crippen LogP contribution in [-0.4, -0.2) is 45.6 Å². The van der Waals surface area contributed by atoms with E-state index < -0.39 is 6.04 Å². The summed E-state index contributed by atoms with van der Waals surface area (Å²) in [6, 6.07) is 13.5. The molecule has 232 valence electrons. The summed E-state index contributed by atoms with van der Waals surface area (Å²) in [5.41, 5.74) is 4.40. The van der Waals surface area contributed by atoms with Crippen LogP contribution in [0.5, 0.6) is 17.2 Å². The van der Waals surface area contributed by atoms with E-state index >= 15 is 0 Å². The van der Waals surface area contributed by atoms with Gasteiger partial charge in [-0.2, -0.15) is 0 Å². The number of amides is 3. The van der Waals surface area contributed by atoms with Gasteiger partial charge in [0, 0.05) is 43.8 Å². The standard InChI is InChI=1S/C33H38N4O7/c1-19(38)35-22-8-6-9-23(17-22)37-30(41)10-7-15-34-27-14-12-24-25(18-28(27)40)26(36-20(2)39)13-11-21-16-29(42-3)32(43-4)33(44-5)31(21)24/h6,8-9,12,14,16-18,26H,7,10-11,13,15H2,1-5H3,(H,34,40)(H,35,38)(H,36,39)(H,37,41). The van der Waals surface area contributed by atoms with Crippen molar-refractivity contribution in [3.63, 3.8) is 0 Å². The number of nitrogens with one attached hydrogen (secondary N) is 4. The lowest BCUT2D eigenvalue weighted by atomic mass is 9.95. The number of hydrogen-bond donors (Lipinski definition) is 4. The molecule has 1 atom stereocenters. The maximum atomic E-state index is 13.4. The molecule has 0 aliphatic heterocycles. The van der Waals surface area contributed by atoms with Gasteiger partial charge in [-0.15, -0.1) is 0 Å². The average molecular weight is 603 g/mol. The quantitative estimate of drug-likeness (QED) is 0.232. The van der Waals surface area contributed by atoms with Gasteiger partial charge in [0.15, 0.2) is 11.5 Å². The fourth-order valence-corrected chi connectivity index (χ4v) is 5.43. The molecule has 3 aromatic carbocycles. The van der Waals surface area contributed by atoms with Crippen molar-refractivity contribution in [2.75, 3.05) is 43.8 Å². The molecule has 4 rings (SSSR count). The van der Waals surface area contributed by atoms with Gasteiger partial charge in [-0.3, -0.25) is 19.2 Å². The van der Waals surface area contributed by atoms with Crippen LogP contribution in [0.2, 0.25) is 0 Å². The first kappa shape index (κ1) is 31.9. The van der Waals surface area contributed by atoms with E-state index in [2.05, 4.69) is 21.3 Å². The number of aryl methyl sites for hydroxylation is 1. The van der Waals surface area contributed by atoms with Gasteiger partial charge < -0.3 is 35.5 Å². The number of benzene rings is 2. The normalized spacial score (nSPS) is 13.3. The Bertz CT molecular complexity index is 1620. The number of carbonyl (C=O) groups excluding carboxylic acids is 3. The molecule has 0 saturated carbocycles. The van der Waals surface area contributed by atoms with E-state index in [9.17, 15) is 19.2 Å². The number of carbonyl (C=O) groups is 3. The van der Waals surface area contributed by atoms with Gasteiger partial charge in [-0.1, -0.05) is 12.1 Å². The molecule has 1 unspecified atom stereocenters. The zero-order valence-electron chi connectivity index (χ0n) is 25.6. The number of methoxy groups -OCH3 is 3. The number of ether oxygens (including phenoxy) is 3. The highest BCUT2D eigenvalue weighted by molar-refractivity contribution is 5.93. The zero-order valence-corrected chi connectivity index (χ0v) is 25.6. The third kappa shape index (κ3) is 7.47. The Morgan fingerprint density at radius 3 is 2.25 bits per heavy atom. The van der Waals surface area contributed by atoms with E-state index in [0.717, 1.165) is 16.7 Å². The summed E-state index contributed by atoms with van der Waals surface area (Å²) < 4.78 is 17.0. The molecular weight excluding hydrogens is 564 g/mol. The molecule has 0 heterocycles. The Morgan fingerprint density at radius 2 is 1.59 bits per heavy atom. The first-order valence-electron chi connectivity index (χ1n) is 14.3. The summed E-state index contributed by atoms with van der Waals surface area (Å²) in [7, 11) is 4.65. The Morgan fingerprint density at radius 1 is 0.864 bits per heavy atom. The van der Waals surface area contributed by atoms with Crippen LogP contribution in [0.3, 0.4) is 0 Å². The molecule has 0 aromatic heterocycles. The van der Waals surface area contributed by atoms with E-state index in [-0.39, 0.29) is 29.6 Å². The van der Waals surface area contributed by atoms with Gasteiger partial charge in [0.05, 0.1) is 33.1 Å². The second kappa shape index (κ2) is 14.4. The van der Waals surface area contributed by atoms with Crippen LogP contribution in [0.25, 0.3) is 11.1 Å². The lowest BCUT2D eigenvalue weighted by Gasteiger charge is -2.19. The number of hydrogen-bond acceptors (Lipinski definition) is 8. The van der Waals surface area contributed by atoms with Crippen LogP contribution in [-0.2, 0) is 20.8 Å². The van der Waals surface area contributed by atoms with E-state index in [1.807, 2.05) is 12.1 Å². The first-order valence-corrected chi connectivity index (χ1v) is 14.3. The highest BCUT2D eigenvalue weighted by atomic mass is 16.5. The maximum Gasteiger partial charge on any atom is 0.224 e. The van der Waals surface area contributed by atoms with Crippen molar-refractivity contribution in [1.29, 1.82) is 0 Å². The van der Waals surface area contributed by atoms with Crippen LogP contribution in [0.15, 0.2) is 53.3 Å². The number of anilines is 3. The first-order chi connectivity index (χ1) is 21.1. The van der Waals surface area contributed by atoms with Gasteiger partial charge in [0.2, 0.25) is 28.9 Å². The molecule has 0 radical (unpaired) electrons. The fraction of sp³-hybridized carbons (Fsp3) is 0.333. The molecule has 4 N–H and O–H groups in total. The van der Waals surface area contributed by atoms with E-state index in [4.69, 9.17) is 14.2 Å². The monoisotopic (exact) mass is 602 g/mol. The molecule has 0 fully saturated rings. The molecule has 11 heteroatoms. The van der Waals surface area contributed by atoms with Crippen LogP contribution >= 0.6 is 0 Å². The molecule has 11 nitrogen and oxygen atoms in total. The second-order valence-corrected chi connectivity index (χ2v) is 10.4. The highest BCUT2D eigenvalue weighted by Gasteiger charge is 2.29. The molecule has 3 aromatic rings. The molecule has 0 spiro atoms. The van der Waals surface area contributed by atoms with Crippen LogP contribution in [0.1, 0.15) is 50.3 Å². The van der Waals surface area contributed by atoms with Crippen molar-refractivity contribution in [2.45, 2.75) is 45.6 Å². The maximum absolute atomic E-state index is 13.4. The molecule has 1 aliphatic carbocycles. The highest BCUT2D eigenvalue weighted by Crippen LogP contribution is 2.50. The third-order valence-corrected chi connectivity index (χ3v) is 7.28. The summed E-state index contributed by atoms with van der Waals surface area (Å²) in [5, 5.41) is 11.7. The van der Waals surface area contributed by atoms with Crippen molar-refractivity contribution >= 4 is 34.8 Å². The van der Waals surface area contributed by atoms with Crippen molar-refractivity contribution in [3.8, 4) is 28.4 Å². The predicted octanol–water partition coefficient (Wildman–Crippen LogP) is 4.65. The number of rotatable bonds is 11. The van der Waals surface area contributed by atoms with Crippen molar-refractivity contribution in [1.82, 2.24) is 5.32 Å². The Kier molecular flexibility index (Phi) is 10.4. The zero-order chi connectivity index (χ0) is 31.8. The van der Waals surface area contributed by atoms with Gasteiger partial charge in [0.1, 0.15) is 0 Å². The van der Waals surface area contributed by atoms with Crippen molar-refractivity contribution < 1.29 is 28.6 Å². The Labute approximate surface area is 256 Å². The minimum atomic E-state index is -0.405. The SMILES string of the molecule is COc1cc2c(c(OC)c1OC)-c1ccc(NCCCC(=O)Nc3cccc(NC(C)=O)c3)c(=O)cc1C(NC(C)=O)CC2. The average Bonchev–Trinajstić information content (AvgIpc) is 3.22. The lowest BCUT2D eigenvalue weighted by Crippen LogP contribution is -2.26.